The lowest BCUT2D eigenvalue weighted by atomic mass is 9.94. The maximum absolute atomic E-state index is 11.4. The van der Waals surface area contributed by atoms with E-state index in [4.69, 9.17) is 33.0 Å². The Labute approximate surface area is 173 Å². The van der Waals surface area contributed by atoms with Gasteiger partial charge in [-0.25, -0.2) is 4.98 Å². The molecular formula is C21H20Cl2N2O3. The highest BCUT2D eigenvalue weighted by Gasteiger charge is 2.33. The van der Waals surface area contributed by atoms with Gasteiger partial charge in [-0.3, -0.25) is 0 Å². The minimum absolute atomic E-state index is 0.0125. The van der Waals surface area contributed by atoms with Crippen LogP contribution in [0.15, 0.2) is 67.3 Å². The molecule has 0 aliphatic carbocycles. The molecule has 146 valence electrons. The summed E-state index contributed by atoms with van der Waals surface area (Å²) in [6, 6.07) is 12.3. The van der Waals surface area contributed by atoms with Crippen molar-refractivity contribution in [1.82, 2.24) is 9.55 Å². The fourth-order valence-electron chi connectivity index (χ4n) is 2.82. The summed E-state index contributed by atoms with van der Waals surface area (Å²) in [5.41, 5.74) is 0.0725. The molecule has 0 saturated heterocycles. The fourth-order valence-corrected chi connectivity index (χ4v) is 3.41. The molecular weight excluding hydrogens is 399 g/mol. The highest BCUT2D eigenvalue weighted by Crippen LogP contribution is 2.33. The van der Waals surface area contributed by atoms with Crippen LogP contribution in [0.5, 0.6) is 5.75 Å². The van der Waals surface area contributed by atoms with Gasteiger partial charge in [0.15, 0.2) is 0 Å². The summed E-state index contributed by atoms with van der Waals surface area (Å²) in [7, 11) is 0. The van der Waals surface area contributed by atoms with Crippen LogP contribution in [0.3, 0.4) is 0 Å². The number of hydrogen-bond donors (Lipinski definition) is 2. The van der Waals surface area contributed by atoms with Gasteiger partial charge in [-0.15, -0.1) is 0 Å². The molecule has 3 aromatic rings. The van der Waals surface area contributed by atoms with E-state index in [-0.39, 0.29) is 19.8 Å². The van der Waals surface area contributed by atoms with Crippen LogP contribution >= 0.6 is 23.2 Å². The lowest BCUT2D eigenvalue weighted by Crippen LogP contribution is -2.38. The Kier molecular flexibility index (Phi) is 6.75. The topological polar surface area (TPSA) is 67.5 Å². The molecule has 3 rings (SSSR count). The maximum atomic E-state index is 11.4. The molecule has 1 atom stereocenters. The summed E-state index contributed by atoms with van der Waals surface area (Å²) in [6.45, 7) is 0.186. The van der Waals surface area contributed by atoms with Crippen molar-refractivity contribution in [2.75, 3.05) is 13.2 Å². The first-order valence-corrected chi connectivity index (χ1v) is 9.40. The molecule has 7 heteroatoms. The minimum Gasteiger partial charge on any atom is -0.490 e. The Bertz CT molecular complexity index is 927. The van der Waals surface area contributed by atoms with Gasteiger partial charge in [0.05, 0.1) is 19.5 Å². The quantitative estimate of drug-likeness (QED) is 0.576. The number of aliphatic hydroxyl groups excluding tert-OH is 1. The molecule has 1 heterocycles. The lowest BCUT2D eigenvalue weighted by Gasteiger charge is -2.30. The van der Waals surface area contributed by atoms with Crippen LogP contribution < -0.4 is 4.74 Å². The SMILES string of the molecule is OCC=Cc1ccc(OCC(O)(Cn2ccnc2)c2ccc(Cl)cc2Cl)cc1. The van der Waals surface area contributed by atoms with Gasteiger partial charge in [-0.2, -0.15) is 0 Å². The molecule has 1 aromatic heterocycles. The summed E-state index contributed by atoms with van der Waals surface area (Å²) >= 11 is 12.4. The minimum atomic E-state index is -1.39. The average Bonchev–Trinajstić information content (AvgIpc) is 3.18. The number of hydrogen-bond acceptors (Lipinski definition) is 4. The van der Waals surface area contributed by atoms with Crippen LogP contribution in [-0.2, 0) is 12.1 Å². The summed E-state index contributed by atoms with van der Waals surface area (Å²) in [5, 5.41) is 21.1. The first-order valence-electron chi connectivity index (χ1n) is 8.64. The molecule has 2 N–H and O–H groups in total. The van der Waals surface area contributed by atoms with Gasteiger partial charge in [0.1, 0.15) is 18.0 Å². The number of aliphatic hydroxyl groups is 2. The molecule has 0 saturated carbocycles. The molecule has 0 fully saturated rings. The van der Waals surface area contributed by atoms with E-state index in [1.807, 2.05) is 18.2 Å². The highest BCUT2D eigenvalue weighted by atomic mass is 35.5. The molecule has 0 bridgehead atoms. The number of rotatable bonds is 8. The van der Waals surface area contributed by atoms with Gasteiger partial charge < -0.3 is 19.5 Å². The van der Waals surface area contributed by atoms with Crippen molar-refractivity contribution >= 4 is 29.3 Å². The lowest BCUT2D eigenvalue weighted by molar-refractivity contribution is -0.0242. The van der Waals surface area contributed by atoms with E-state index in [1.165, 1.54) is 0 Å². The third-order valence-corrected chi connectivity index (χ3v) is 4.76. The van der Waals surface area contributed by atoms with Crippen LogP contribution in [0.2, 0.25) is 10.0 Å². The number of imidazole rings is 1. The molecule has 28 heavy (non-hydrogen) atoms. The van der Waals surface area contributed by atoms with Gasteiger partial charge in [0.2, 0.25) is 0 Å². The summed E-state index contributed by atoms with van der Waals surface area (Å²) in [5.74, 6) is 0.607. The standard InChI is InChI=1S/C21H20Cl2N2O3/c22-17-5-8-19(20(23)12-17)21(27,13-25-10-9-24-15-25)14-28-18-6-3-16(4-7-18)2-1-11-26/h1-10,12,15,26-27H,11,13-14H2. The van der Waals surface area contributed by atoms with Crippen molar-refractivity contribution < 1.29 is 14.9 Å². The molecule has 0 radical (unpaired) electrons. The van der Waals surface area contributed by atoms with Crippen LogP contribution in [0.4, 0.5) is 0 Å². The van der Waals surface area contributed by atoms with Crippen LogP contribution in [0.25, 0.3) is 6.08 Å². The van der Waals surface area contributed by atoms with Crippen molar-refractivity contribution in [1.29, 1.82) is 0 Å². The second kappa shape index (κ2) is 9.26. The largest absolute Gasteiger partial charge is 0.490 e. The van der Waals surface area contributed by atoms with Gasteiger partial charge >= 0.3 is 0 Å². The average molecular weight is 419 g/mol. The van der Waals surface area contributed by atoms with Gasteiger partial charge in [0, 0.05) is 28.0 Å². The maximum Gasteiger partial charge on any atom is 0.143 e. The first kappa shape index (κ1) is 20.4. The zero-order chi connectivity index (χ0) is 20.0. The number of ether oxygens (including phenoxy) is 1. The van der Waals surface area contributed by atoms with E-state index in [9.17, 15) is 5.11 Å². The van der Waals surface area contributed by atoms with E-state index in [0.29, 0.717) is 21.4 Å². The molecule has 0 spiro atoms. The van der Waals surface area contributed by atoms with Crippen molar-refractivity contribution in [2.24, 2.45) is 0 Å². The monoisotopic (exact) mass is 418 g/mol. The second-order valence-electron chi connectivity index (χ2n) is 6.33. The molecule has 0 aliphatic rings. The highest BCUT2D eigenvalue weighted by molar-refractivity contribution is 6.35. The van der Waals surface area contributed by atoms with Crippen molar-refractivity contribution in [2.45, 2.75) is 12.1 Å². The Morgan fingerprint density at radius 3 is 2.57 bits per heavy atom. The van der Waals surface area contributed by atoms with E-state index in [2.05, 4.69) is 4.98 Å². The van der Waals surface area contributed by atoms with E-state index in [1.54, 1.807) is 59.7 Å². The Balaban J connectivity index is 1.82. The molecule has 2 aromatic carbocycles. The molecule has 5 nitrogen and oxygen atoms in total. The third kappa shape index (κ3) is 5.14. The summed E-state index contributed by atoms with van der Waals surface area (Å²) in [4.78, 5) is 4.02. The first-order chi connectivity index (χ1) is 13.5. The number of nitrogens with zero attached hydrogens (tertiary/aromatic N) is 2. The van der Waals surface area contributed by atoms with Crippen LogP contribution in [-0.4, -0.2) is 33.0 Å². The van der Waals surface area contributed by atoms with Crippen molar-refractivity contribution in [3.63, 3.8) is 0 Å². The van der Waals surface area contributed by atoms with Crippen LogP contribution in [0.1, 0.15) is 11.1 Å². The molecule has 0 amide bonds. The number of aromatic nitrogens is 2. The van der Waals surface area contributed by atoms with E-state index >= 15 is 0 Å². The summed E-state index contributed by atoms with van der Waals surface area (Å²) in [6.07, 6.45) is 8.49. The zero-order valence-electron chi connectivity index (χ0n) is 15.0. The van der Waals surface area contributed by atoms with E-state index < -0.39 is 5.60 Å². The Morgan fingerprint density at radius 2 is 1.93 bits per heavy atom. The third-order valence-electron chi connectivity index (χ3n) is 4.21. The molecule has 1 unspecified atom stereocenters. The molecule has 0 aliphatic heterocycles. The van der Waals surface area contributed by atoms with Gasteiger partial charge in [-0.05, 0) is 29.8 Å². The summed E-state index contributed by atoms with van der Waals surface area (Å²) < 4.78 is 7.63. The predicted molar refractivity (Wildman–Crippen MR) is 111 cm³/mol. The van der Waals surface area contributed by atoms with Gasteiger partial charge in [-0.1, -0.05) is 53.6 Å². The number of halogens is 2. The van der Waals surface area contributed by atoms with Crippen molar-refractivity contribution in [3.8, 4) is 5.75 Å². The normalized spacial score (nSPS) is 13.6. The number of benzene rings is 2. The Morgan fingerprint density at radius 1 is 1.14 bits per heavy atom. The van der Waals surface area contributed by atoms with Gasteiger partial charge in [0.25, 0.3) is 0 Å². The second-order valence-corrected chi connectivity index (χ2v) is 7.18. The van der Waals surface area contributed by atoms with E-state index in [0.717, 1.165) is 5.56 Å². The predicted octanol–water partition coefficient (Wildman–Crippen LogP) is 4.16. The smallest absolute Gasteiger partial charge is 0.143 e. The Hall–Kier alpha value is -2.31. The zero-order valence-corrected chi connectivity index (χ0v) is 16.5. The van der Waals surface area contributed by atoms with Crippen LogP contribution in [0, 0.1) is 0 Å². The fraction of sp³-hybridized carbons (Fsp3) is 0.190. The van der Waals surface area contributed by atoms with Crippen molar-refractivity contribution in [3.05, 3.63) is 88.4 Å².